The molecule has 1 atom stereocenters. The molecule has 4 N–H and O–H groups in total. The predicted octanol–water partition coefficient (Wildman–Crippen LogP) is 5.04. The van der Waals surface area contributed by atoms with Crippen molar-refractivity contribution in [2.24, 2.45) is 0 Å². The number of benzene rings is 2. The average Bonchev–Trinajstić information content (AvgIpc) is 3.35. The first-order chi connectivity index (χ1) is 18.5. The van der Waals surface area contributed by atoms with E-state index in [4.69, 9.17) is 33.0 Å². The minimum absolute atomic E-state index is 0.0226. The molecule has 0 unspecified atom stereocenters. The number of carboxylic acids is 1. The summed E-state index contributed by atoms with van der Waals surface area (Å²) in [7, 11) is 0. The van der Waals surface area contributed by atoms with Crippen molar-refractivity contribution < 1.29 is 23.9 Å². The molecule has 204 valence electrons. The number of nitrogens with zero attached hydrogens (tertiary/aromatic N) is 1. The summed E-state index contributed by atoms with van der Waals surface area (Å²) in [6, 6.07) is 7.50. The van der Waals surface area contributed by atoms with E-state index in [0.717, 1.165) is 5.39 Å². The molecule has 2 aromatic carbocycles. The number of hydrogen-bond acceptors (Lipinski definition) is 6. The van der Waals surface area contributed by atoms with Crippen LogP contribution < -0.4 is 10.6 Å². The lowest BCUT2D eigenvalue weighted by atomic mass is 9.95. The zero-order valence-electron chi connectivity index (χ0n) is 21.4. The van der Waals surface area contributed by atoms with Gasteiger partial charge < -0.3 is 30.5 Å². The predicted molar refractivity (Wildman–Crippen MR) is 150 cm³/mol. The van der Waals surface area contributed by atoms with Crippen LogP contribution in [-0.2, 0) is 17.8 Å². The summed E-state index contributed by atoms with van der Waals surface area (Å²) in [5.41, 5.74) is 2.50. The third kappa shape index (κ3) is 6.43. The summed E-state index contributed by atoms with van der Waals surface area (Å²) in [6.45, 7) is 4.47. The highest BCUT2D eigenvalue weighted by Crippen LogP contribution is 2.35. The maximum atomic E-state index is 13.2. The number of amides is 2. The van der Waals surface area contributed by atoms with Crippen LogP contribution >= 0.6 is 23.2 Å². The van der Waals surface area contributed by atoms with Gasteiger partial charge in [-0.15, -0.1) is 0 Å². The molecule has 2 amide bonds. The quantitative estimate of drug-likeness (QED) is 0.266. The number of fused-ring (bicyclic) bond motifs is 2. The second kappa shape index (κ2) is 11.9. The number of carboxylic acid groups (broad SMARTS) is 1. The summed E-state index contributed by atoms with van der Waals surface area (Å²) >= 11 is 13.1. The number of aliphatic carboxylic acids is 1. The molecule has 0 bridgehead atoms. The standard InChI is InChI=1S/C28H28Cl2N4O5/c1-15(2)32-8-5-19(31)13-22(28(37)38)33-26(35)24-21(29)11-18-14-34(9-6-20(18)25(24)30)27(36)17-4-3-16-7-10-39-23(16)12-17/h3-5,7-8,10-12,15,22,31-32H,6,9,13-14H2,1-2H3,(H,33,35)(H,37,38)/b8-5-,31-19?/t22-/m0/s1. The van der Waals surface area contributed by atoms with Crippen molar-refractivity contribution >= 4 is 57.7 Å². The van der Waals surface area contributed by atoms with E-state index in [2.05, 4.69) is 10.6 Å². The molecule has 0 aliphatic carbocycles. The van der Waals surface area contributed by atoms with Gasteiger partial charge in [-0.3, -0.25) is 9.59 Å². The third-order valence-electron chi connectivity index (χ3n) is 6.36. The fourth-order valence-corrected chi connectivity index (χ4v) is 5.13. The number of nitrogens with one attached hydrogen (secondary N) is 3. The van der Waals surface area contributed by atoms with Crippen molar-refractivity contribution in [3.63, 3.8) is 0 Å². The minimum Gasteiger partial charge on any atom is -0.480 e. The molecule has 11 heteroatoms. The van der Waals surface area contributed by atoms with Crippen LogP contribution in [0.15, 0.2) is 53.3 Å². The van der Waals surface area contributed by atoms with Gasteiger partial charge in [0.25, 0.3) is 11.8 Å². The molecule has 4 rings (SSSR count). The van der Waals surface area contributed by atoms with Gasteiger partial charge in [-0.1, -0.05) is 29.3 Å². The zero-order valence-corrected chi connectivity index (χ0v) is 22.9. The van der Waals surface area contributed by atoms with Crippen molar-refractivity contribution in [2.75, 3.05) is 6.54 Å². The van der Waals surface area contributed by atoms with Crippen molar-refractivity contribution in [3.05, 3.63) is 81.2 Å². The number of halogens is 2. The second-order valence-corrected chi connectivity index (χ2v) is 10.4. The number of carbonyl (C=O) groups is 3. The maximum absolute atomic E-state index is 13.2. The Labute approximate surface area is 235 Å². The topological polar surface area (TPSA) is 136 Å². The van der Waals surface area contributed by atoms with Crippen molar-refractivity contribution in [2.45, 2.75) is 45.3 Å². The summed E-state index contributed by atoms with van der Waals surface area (Å²) in [5, 5.41) is 24.2. The van der Waals surface area contributed by atoms with Crippen LogP contribution in [0.4, 0.5) is 0 Å². The Morgan fingerprint density at radius 1 is 1.21 bits per heavy atom. The van der Waals surface area contributed by atoms with E-state index in [0.29, 0.717) is 35.2 Å². The van der Waals surface area contributed by atoms with Gasteiger partial charge in [0.2, 0.25) is 0 Å². The Bertz CT molecular complexity index is 1480. The van der Waals surface area contributed by atoms with Gasteiger partial charge in [-0.05, 0) is 67.9 Å². The third-order valence-corrected chi connectivity index (χ3v) is 7.08. The molecule has 1 aliphatic heterocycles. The van der Waals surface area contributed by atoms with Gasteiger partial charge >= 0.3 is 5.97 Å². The molecular formula is C28H28Cl2N4O5. The molecule has 0 saturated heterocycles. The Morgan fingerprint density at radius 2 is 1.97 bits per heavy atom. The van der Waals surface area contributed by atoms with Crippen molar-refractivity contribution in [3.8, 4) is 0 Å². The highest BCUT2D eigenvalue weighted by Gasteiger charge is 2.30. The number of allylic oxidation sites excluding steroid dienone is 1. The van der Waals surface area contributed by atoms with Gasteiger partial charge in [0.05, 0.1) is 21.9 Å². The molecular weight excluding hydrogens is 543 g/mol. The Morgan fingerprint density at radius 3 is 2.69 bits per heavy atom. The molecule has 9 nitrogen and oxygen atoms in total. The normalized spacial score (nSPS) is 13.9. The van der Waals surface area contributed by atoms with E-state index in [1.807, 2.05) is 26.0 Å². The second-order valence-electron chi connectivity index (χ2n) is 9.58. The first kappa shape index (κ1) is 28.2. The summed E-state index contributed by atoms with van der Waals surface area (Å²) in [5.74, 6) is -2.20. The van der Waals surface area contributed by atoms with Gasteiger partial charge in [0, 0.05) is 42.2 Å². The van der Waals surface area contributed by atoms with Gasteiger partial charge in [-0.2, -0.15) is 0 Å². The van der Waals surface area contributed by atoms with Crippen LogP contribution in [0.25, 0.3) is 11.0 Å². The van der Waals surface area contributed by atoms with Gasteiger partial charge in [0.15, 0.2) is 0 Å². The van der Waals surface area contributed by atoms with Crippen LogP contribution in [0, 0.1) is 5.41 Å². The summed E-state index contributed by atoms with van der Waals surface area (Å²) in [4.78, 5) is 39.7. The zero-order chi connectivity index (χ0) is 28.3. The van der Waals surface area contributed by atoms with Crippen LogP contribution in [0.1, 0.15) is 52.1 Å². The molecule has 3 aromatic rings. The molecule has 0 fully saturated rings. The van der Waals surface area contributed by atoms with Gasteiger partial charge in [0.1, 0.15) is 11.6 Å². The SMILES string of the molecule is CC(C)N/C=C\C(=N)C[C@H](NC(=O)c1c(Cl)cc2c(c1Cl)CCN(C(=O)c1ccc3ccoc3c1)C2)C(=O)O. The molecule has 39 heavy (non-hydrogen) atoms. The molecule has 0 spiro atoms. The smallest absolute Gasteiger partial charge is 0.326 e. The van der Waals surface area contributed by atoms with E-state index in [9.17, 15) is 19.5 Å². The highest BCUT2D eigenvalue weighted by atomic mass is 35.5. The Kier molecular flexibility index (Phi) is 8.62. The monoisotopic (exact) mass is 570 g/mol. The molecule has 1 aliphatic rings. The van der Waals surface area contributed by atoms with Crippen LogP contribution in [0.5, 0.6) is 0 Å². The molecule has 0 saturated carbocycles. The fourth-order valence-electron chi connectivity index (χ4n) is 4.36. The van der Waals surface area contributed by atoms with E-state index in [1.165, 1.54) is 6.08 Å². The number of hydrogen-bond donors (Lipinski definition) is 4. The lowest BCUT2D eigenvalue weighted by Crippen LogP contribution is -2.42. The number of furan rings is 1. The summed E-state index contributed by atoms with van der Waals surface area (Å²) < 4.78 is 5.41. The lowest BCUT2D eigenvalue weighted by molar-refractivity contribution is -0.139. The Balaban J connectivity index is 1.49. The average molecular weight is 571 g/mol. The van der Waals surface area contributed by atoms with Crippen LogP contribution in [-0.4, -0.2) is 52.1 Å². The highest BCUT2D eigenvalue weighted by molar-refractivity contribution is 6.40. The van der Waals surface area contributed by atoms with Crippen molar-refractivity contribution in [1.29, 1.82) is 5.41 Å². The molecule has 2 heterocycles. The van der Waals surface area contributed by atoms with Gasteiger partial charge in [-0.25, -0.2) is 4.79 Å². The fraction of sp³-hybridized carbons (Fsp3) is 0.286. The number of rotatable bonds is 9. The summed E-state index contributed by atoms with van der Waals surface area (Å²) in [6.07, 6.45) is 4.74. The van der Waals surface area contributed by atoms with Crippen LogP contribution in [0.3, 0.4) is 0 Å². The van der Waals surface area contributed by atoms with E-state index in [-0.39, 0.29) is 46.2 Å². The minimum atomic E-state index is -1.35. The van der Waals surface area contributed by atoms with E-state index >= 15 is 0 Å². The lowest BCUT2D eigenvalue weighted by Gasteiger charge is -2.30. The van der Waals surface area contributed by atoms with E-state index in [1.54, 1.807) is 35.6 Å². The molecule has 0 radical (unpaired) electrons. The first-order valence-electron chi connectivity index (χ1n) is 12.3. The van der Waals surface area contributed by atoms with Crippen LogP contribution in [0.2, 0.25) is 10.0 Å². The maximum Gasteiger partial charge on any atom is 0.326 e. The largest absolute Gasteiger partial charge is 0.480 e. The van der Waals surface area contributed by atoms with E-state index < -0.39 is 17.9 Å². The molecule has 1 aromatic heterocycles. The Hall–Kier alpha value is -3.82. The van der Waals surface area contributed by atoms with Crippen molar-refractivity contribution in [1.82, 2.24) is 15.5 Å². The number of carbonyl (C=O) groups excluding carboxylic acids is 2. The first-order valence-corrected chi connectivity index (χ1v) is 13.1.